The molecule has 0 bridgehead atoms. The van der Waals surface area contributed by atoms with E-state index >= 15 is 0 Å². The smallest absolute Gasteiger partial charge is 0.361 e. The zero-order chi connectivity index (χ0) is 64.7. The molecular weight excluding hydrogens is 1100 g/mol. The van der Waals surface area contributed by atoms with Crippen LogP contribution in [0.4, 0.5) is 0 Å². The summed E-state index contributed by atoms with van der Waals surface area (Å²) in [6.07, 6.45) is 97.1. The molecule has 508 valence electrons. The van der Waals surface area contributed by atoms with Crippen molar-refractivity contribution in [2.24, 2.45) is 0 Å². The molecule has 89 heavy (non-hydrogen) atoms. The number of rotatable bonds is 66. The van der Waals surface area contributed by atoms with Gasteiger partial charge in [0, 0.05) is 12.8 Å². The van der Waals surface area contributed by atoms with Gasteiger partial charge in [0.1, 0.15) is 13.2 Å². The van der Waals surface area contributed by atoms with E-state index in [1.807, 2.05) is 21.1 Å². The highest BCUT2D eigenvalue weighted by Crippen LogP contribution is 2.17. The lowest BCUT2D eigenvalue weighted by Gasteiger charge is -2.25. The van der Waals surface area contributed by atoms with E-state index in [4.69, 9.17) is 18.9 Å². The van der Waals surface area contributed by atoms with Crippen LogP contribution in [-0.4, -0.2) is 87.4 Å². The van der Waals surface area contributed by atoms with E-state index in [0.717, 1.165) is 109 Å². The molecule has 9 nitrogen and oxygen atoms in total. The number of likely N-dealkylation sites (N-methyl/N-ethyl adjacent to an activating group) is 1. The summed E-state index contributed by atoms with van der Waals surface area (Å²) in [5, 5.41) is 9.75. The third-order valence-electron chi connectivity index (χ3n) is 15.4. The molecule has 0 aliphatic rings. The molecule has 1 N–H and O–H groups in total. The summed E-state index contributed by atoms with van der Waals surface area (Å²) < 4.78 is 23.0. The van der Waals surface area contributed by atoms with Gasteiger partial charge in [0.05, 0.1) is 34.4 Å². The Labute approximate surface area is 548 Å². The van der Waals surface area contributed by atoms with Crippen LogP contribution in [-0.2, 0) is 33.3 Å². The van der Waals surface area contributed by atoms with Crippen molar-refractivity contribution in [3.63, 3.8) is 0 Å². The largest absolute Gasteiger partial charge is 0.477 e. The van der Waals surface area contributed by atoms with Gasteiger partial charge in [-0.05, 0) is 116 Å². The van der Waals surface area contributed by atoms with E-state index in [2.05, 4.69) is 148 Å². The van der Waals surface area contributed by atoms with Crippen LogP contribution in [0.5, 0.6) is 0 Å². The van der Waals surface area contributed by atoms with E-state index in [1.54, 1.807) is 0 Å². The summed E-state index contributed by atoms with van der Waals surface area (Å²) in [4.78, 5) is 37.6. The maximum atomic E-state index is 12.9. The van der Waals surface area contributed by atoms with Crippen molar-refractivity contribution in [2.45, 2.75) is 309 Å². The van der Waals surface area contributed by atoms with Crippen molar-refractivity contribution in [2.75, 3.05) is 47.5 Å². The molecule has 0 radical (unpaired) electrons. The molecular formula is C80H136NO8+. The van der Waals surface area contributed by atoms with Crippen molar-refractivity contribution in [3.05, 3.63) is 134 Å². The molecule has 2 atom stereocenters. The molecule has 0 spiro atoms. The van der Waals surface area contributed by atoms with Gasteiger partial charge in [-0.3, -0.25) is 9.59 Å². The lowest BCUT2D eigenvalue weighted by molar-refractivity contribution is -0.870. The van der Waals surface area contributed by atoms with Crippen molar-refractivity contribution in [1.82, 2.24) is 0 Å². The van der Waals surface area contributed by atoms with Gasteiger partial charge in [-0.25, -0.2) is 4.79 Å². The lowest BCUT2D eigenvalue weighted by Crippen LogP contribution is -2.40. The Hall–Kier alpha value is -4.57. The highest BCUT2D eigenvalue weighted by molar-refractivity contribution is 5.71. The van der Waals surface area contributed by atoms with Crippen LogP contribution < -0.4 is 0 Å². The quantitative estimate of drug-likeness (QED) is 0.0211. The molecule has 0 saturated carbocycles. The normalized spacial score (nSPS) is 13.5. The van der Waals surface area contributed by atoms with Gasteiger partial charge in [0.25, 0.3) is 6.29 Å². The van der Waals surface area contributed by atoms with Crippen molar-refractivity contribution >= 4 is 17.9 Å². The summed E-state index contributed by atoms with van der Waals surface area (Å²) in [7, 11) is 5.96. The highest BCUT2D eigenvalue weighted by Gasteiger charge is 2.25. The summed E-state index contributed by atoms with van der Waals surface area (Å²) in [5.74, 6) is -2.04. The molecule has 0 amide bonds. The number of carbonyl (C=O) groups is 3. The van der Waals surface area contributed by atoms with E-state index in [0.29, 0.717) is 23.9 Å². The molecule has 0 aliphatic carbocycles. The number of carboxylic acid groups (broad SMARTS) is 1. The number of ether oxygens (including phenoxy) is 4. The number of quaternary nitrogens is 1. The number of carbonyl (C=O) groups excluding carboxylic acids is 2. The van der Waals surface area contributed by atoms with Crippen molar-refractivity contribution in [3.8, 4) is 0 Å². The summed E-state index contributed by atoms with van der Waals surface area (Å²) in [5.41, 5.74) is 0. The van der Waals surface area contributed by atoms with Crippen LogP contribution in [0.2, 0.25) is 0 Å². The highest BCUT2D eigenvalue weighted by atomic mass is 16.7. The molecule has 0 aromatic rings. The number of aliphatic carboxylic acids is 1. The van der Waals surface area contributed by atoms with E-state index in [1.165, 1.54) is 154 Å². The van der Waals surface area contributed by atoms with E-state index in [9.17, 15) is 19.5 Å². The average molecular weight is 1240 g/mol. The maximum Gasteiger partial charge on any atom is 0.361 e. The Bertz CT molecular complexity index is 1930. The SMILES string of the molecule is CC/C=C\C/C=C\C/C=C\C/C=C\C/C=C\C/C=C\C/C=C\C/C=C\C/C=C\C/C=C\CCCCCCC(=O)OC(COC(=O)CCCCCCCCCCCCCCCCCCC/C=C\CCCCCCCCCC)COC(OCC[N+](C)(C)C)C(=O)O. The predicted molar refractivity (Wildman–Crippen MR) is 382 cm³/mol. The number of hydrogen-bond acceptors (Lipinski definition) is 7. The summed E-state index contributed by atoms with van der Waals surface area (Å²) in [6, 6.07) is 0. The number of unbranched alkanes of at least 4 members (excludes halogenated alkanes) is 29. The topological polar surface area (TPSA) is 108 Å². The first-order valence-corrected chi connectivity index (χ1v) is 36.3. The molecule has 2 unspecified atom stereocenters. The zero-order valence-electron chi connectivity index (χ0n) is 58.0. The van der Waals surface area contributed by atoms with Gasteiger partial charge < -0.3 is 28.5 Å². The van der Waals surface area contributed by atoms with Crippen LogP contribution in [0, 0.1) is 0 Å². The average Bonchev–Trinajstić information content (AvgIpc) is 3.64. The van der Waals surface area contributed by atoms with Gasteiger partial charge in [0.15, 0.2) is 6.10 Å². The van der Waals surface area contributed by atoms with Gasteiger partial charge in [-0.1, -0.05) is 302 Å². The third kappa shape index (κ3) is 70.7. The number of nitrogens with zero attached hydrogens (tertiary/aromatic N) is 1. The fourth-order valence-electron chi connectivity index (χ4n) is 9.86. The summed E-state index contributed by atoms with van der Waals surface area (Å²) >= 11 is 0. The van der Waals surface area contributed by atoms with E-state index < -0.39 is 24.3 Å². The minimum Gasteiger partial charge on any atom is -0.477 e. The Morgan fingerprint density at radius 3 is 0.966 bits per heavy atom. The summed E-state index contributed by atoms with van der Waals surface area (Å²) in [6.45, 7) is 4.75. The van der Waals surface area contributed by atoms with Crippen molar-refractivity contribution < 1.29 is 42.9 Å². The molecule has 9 heteroatoms. The van der Waals surface area contributed by atoms with Gasteiger partial charge >= 0.3 is 17.9 Å². The first-order valence-electron chi connectivity index (χ1n) is 36.3. The number of allylic oxidation sites excluding steroid dienone is 22. The Balaban J connectivity index is 4.20. The molecule has 0 fully saturated rings. The number of carboxylic acids is 1. The first-order chi connectivity index (χ1) is 43.6. The predicted octanol–water partition coefficient (Wildman–Crippen LogP) is 22.9. The molecule has 0 saturated heterocycles. The second-order valence-corrected chi connectivity index (χ2v) is 25.2. The lowest BCUT2D eigenvalue weighted by atomic mass is 10.0. The Morgan fingerprint density at radius 1 is 0.348 bits per heavy atom. The van der Waals surface area contributed by atoms with Crippen molar-refractivity contribution in [1.29, 1.82) is 0 Å². The van der Waals surface area contributed by atoms with E-state index in [-0.39, 0.29) is 32.2 Å². The molecule has 0 aliphatic heterocycles. The van der Waals surface area contributed by atoms with Crippen LogP contribution in [0.25, 0.3) is 0 Å². The number of hydrogen-bond donors (Lipinski definition) is 1. The van der Waals surface area contributed by atoms with Crippen LogP contribution >= 0.6 is 0 Å². The number of esters is 2. The fourth-order valence-corrected chi connectivity index (χ4v) is 9.86. The maximum absolute atomic E-state index is 12.9. The molecule has 0 aromatic carbocycles. The van der Waals surface area contributed by atoms with Crippen LogP contribution in [0.3, 0.4) is 0 Å². The third-order valence-corrected chi connectivity index (χ3v) is 15.4. The van der Waals surface area contributed by atoms with Crippen LogP contribution in [0.1, 0.15) is 296 Å². The van der Waals surface area contributed by atoms with Gasteiger partial charge in [-0.2, -0.15) is 0 Å². The minimum absolute atomic E-state index is 0.176. The first kappa shape index (κ1) is 84.4. The molecule has 0 rings (SSSR count). The second-order valence-electron chi connectivity index (χ2n) is 25.2. The molecule has 0 heterocycles. The Kier molecular flexibility index (Phi) is 65.8. The van der Waals surface area contributed by atoms with Crippen LogP contribution in [0.15, 0.2) is 134 Å². The van der Waals surface area contributed by atoms with Gasteiger partial charge in [0.2, 0.25) is 0 Å². The minimum atomic E-state index is -1.53. The fraction of sp³-hybridized carbons (Fsp3) is 0.688. The monoisotopic (exact) mass is 1240 g/mol. The van der Waals surface area contributed by atoms with Gasteiger partial charge in [-0.15, -0.1) is 0 Å². The second kappa shape index (κ2) is 69.3. The Morgan fingerprint density at radius 2 is 0.640 bits per heavy atom. The molecule has 0 aromatic heterocycles. The zero-order valence-corrected chi connectivity index (χ0v) is 58.0. The standard InChI is InChI=1S/C80H135NO8/c1-6-8-10-12-14-16-18-20-22-24-26-28-30-32-34-36-37-38-39-40-41-43-45-47-49-51-53-55-57-59-61-63-65-67-69-71-78(83)89-76(75-88-80(79(84)85)86-73-72-81(3,4)5)74-87-77(82)70-68-66-64-62-60-58-56-54-52-50-48-46-44-42-35-33-31-29-27-25-23-21-19-17-15-13-11-9-7-2/h8,10,14,16,20,22,25-28,32,34,37-38,40-41,45,47,51,53,57,59,76,80H,6-7,9,11-13,15,17-19,21,23-24,29-31,33,35-36,39,42-44,46,48-50,52,54-56,58,60-75H2,1-5H3/p+1/b10-8-,16-14-,22-20-,27-25-,28-26-,34-32-,38-37-,41-40-,47-45-,53-51-,59-57-.